The molecular weight excluding hydrogens is 462 g/mol. The molecule has 8 nitrogen and oxygen atoms in total. The van der Waals surface area contributed by atoms with E-state index in [1.54, 1.807) is 12.3 Å². The second kappa shape index (κ2) is 11.2. The normalized spacial score (nSPS) is 20.7. The molecule has 0 amide bonds. The number of nitrogen functional groups attached to an aromatic ring is 1. The van der Waals surface area contributed by atoms with Crippen molar-refractivity contribution >= 4 is 34.7 Å². The van der Waals surface area contributed by atoms with E-state index in [-0.39, 0.29) is 39.8 Å². The van der Waals surface area contributed by atoms with Crippen molar-refractivity contribution in [2.45, 2.75) is 88.2 Å². The maximum absolute atomic E-state index is 12.3. The Kier molecular flexibility index (Phi) is 9.60. The van der Waals surface area contributed by atoms with Gasteiger partial charge >= 0.3 is 22.8 Å². The van der Waals surface area contributed by atoms with Gasteiger partial charge in [-0.15, -0.1) is 11.8 Å². The molecule has 1 fully saturated rings. The van der Waals surface area contributed by atoms with Crippen LogP contribution in [0.3, 0.4) is 0 Å². The number of aromatic nitrogens is 2. The van der Waals surface area contributed by atoms with Crippen LogP contribution in [0.4, 0.5) is 5.82 Å². The summed E-state index contributed by atoms with van der Waals surface area (Å²) < 4.78 is 22.0. The number of nitrogens with zero attached hydrogens (tertiary/aromatic N) is 2. The topological polar surface area (TPSA) is 109 Å². The van der Waals surface area contributed by atoms with E-state index >= 15 is 0 Å². The van der Waals surface area contributed by atoms with E-state index in [2.05, 4.69) is 60.4 Å². The summed E-state index contributed by atoms with van der Waals surface area (Å²) in [6.07, 6.45) is 1.58. The maximum Gasteiger partial charge on any atom is 0.350 e. The third kappa shape index (κ3) is 5.68. The van der Waals surface area contributed by atoms with Crippen LogP contribution in [0.5, 0.6) is 0 Å². The van der Waals surface area contributed by atoms with E-state index in [0.29, 0.717) is 13.2 Å². The van der Waals surface area contributed by atoms with Crippen LogP contribution in [0.25, 0.3) is 0 Å². The fourth-order valence-corrected chi connectivity index (χ4v) is 16.9. The van der Waals surface area contributed by atoms with Gasteiger partial charge in [0.1, 0.15) is 11.2 Å². The molecule has 0 aromatic carbocycles. The van der Waals surface area contributed by atoms with Gasteiger partial charge in [-0.2, -0.15) is 4.98 Å². The van der Waals surface area contributed by atoms with Crippen LogP contribution >= 0.6 is 11.8 Å². The molecule has 0 saturated carbocycles. The number of aliphatic hydroxyl groups is 1. The fourth-order valence-electron chi connectivity index (χ4n) is 4.42. The third-order valence-corrected chi connectivity index (χ3v) is 17.8. The van der Waals surface area contributed by atoms with Gasteiger partial charge in [0.2, 0.25) is 0 Å². The van der Waals surface area contributed by atoms with E-state index in [1.165, 1.54) is 16.3 Å². The summed E-state index contributed by atoms with van der Waals surface area (Å²) in [5.74, 6) is 0.164. The van der Waals surface area contributed by atoms with E-state index in [9.17, 15) is 9.90 Å². The Bertz CT molecular complexity index is 760. The van der Waals surface area contributed by atoms with Crippen LogP contribution in [-0.4, -0.2) is 56.9 Å². The summed E-state index contributed by atoms with van der Waals surface area (Å²) in [5, 5.41) is 9.50. The molecule has 0 bridgehead atoms. The van der Waals surface area contributed by atoms with Gasteiger partial charge < -0.3 is 23.8 Å². The quantitative estimate of drug-likeness (QED) is 0.512. The summed E-state index contributed by atoms with van der Waals surface area (Å²) in [6, 6.07) is 1.56. The summed E-state index contributed by atoms with van der Waals surface area (Å²) in [4.78, 5) is 16.1. The first-order valence-corrected chi connectivity index (χ1v) is 16.4. The summed E-state index contributed by atoms with van der Waals surface area (Å²) in [5.41, 5.74) is 6.19. The van der Waals surface area contributed by atoms with Crippen LogP contribution in [0.2, 0.25) is 22.2 Å². The number of hydrogen-bond donors (Lipinski definition) is 2. The van der Waals surface area contributed by atoms with Crippen molar-refractivity contribution in [2.75, 3.05) is 25.6 Å². The van der Waals surface area contributed by atoms with Crippen LogP contribution < -0.4 is 11.4 Å². The second-order valence-electron chi connectivity index (χ2n) is 9.72. The molecule has 1 atom stereocenters. The third-order valence-electron chi connectivity index (χ3n) is 6.20. The minimum atomic E-state index is -2.62. The predicted octanol–water partition coefficient (Wildman–Crippen LogP) is 4.01. The van der Waals surface area contributed by atoms with E-state index in [1.807, 2.05) is 0 Å². The lowest BCUT2D eigenvalue weighted by molar-refractivity contribution is 0.121. The van der Waals surface area contributed by atoms with Crippen LogP contribution in [0.15, 0.2) is 17.1 Å². The molecule has 1 unspecified atom stereocenters. The Morgan fingerprint density at radius 1 is 1.06 bits per heavy atom. The highest BCUT2D eigenvalue weighted by Crippen LogP contribution is 2.46. The van der Waals surface area contributed by atoms with Crippen molar-refractivity contribution in [2.24, 2.45) is 0 Å². The van der Waals surface area contributed by atoms with Gasteiger partial charge in [0.05, 0.1) is 25.1 Å². The minimum absolute atomic E-state index is 0.0609. The number of thioether (sulfide) groups is 1. The smallest absolute Gasteiger partial charge is 0.350 e. The van der Waals surface area contributed by atoms with Crippen molar-refractivity contribution in [3.05, 3.63) is 22.7 Å². The lowest BCUT2D eigenvalue weighted by Crippen LogP contribution is -2.63. The number of nitrogens with two attached hydrogens (primary N) is 1. The molecule has 11 heteroatoms. The molecule has 1 aliphatic rings. The highest BCUT2D eigenvalue weighted by molar-refractivity contribution is 8.00. The van der Waals surface area contributed by atoms with Gasteiger partial charge in [-0.3, -0.25) is 4.57 Å². The van der Waals surface area contributed by atoms with Gasteiger partial charge in [-0.1, -0.05) is 55.4 Å². The molecule has 3 N–H and O–H groups in total. The van der Waals surface area contributed by atoms with Crippen LogP contribution in [0.1, 0.15) is 60.8 Å². The summed E-state index contributed by atoms with van der Waals surface area (Å²) in [6.45, 7) is 18.2. The van der Waals surface area contributed by atoms with Crippen molar-refractivity contribution < 1.29 is 18.1 Å². The van der Waals surface area contributed by atoms with Gasteiger partial charge in [0.25, 0.3) is 0 Å². The first kappa shape index (κ1) is 27.5. The van der Waals surface area contributed by atoms with Gasteiger partial charge in [-0.25, -0.2) is 4.79 Å². The molecule has 1 aromatic heterocycles. The average molecular weight is 504 g/mol. The Morgan fingerprint density at radius 3 is 1.91 bits per heavy atom. The first-order valence-electron chi connectivity index (χ1n) is 11.5. The van der Waals surface area contributed by atoms with Gasteiger partial charge in [-0.05, 0) is 28.2 Å². The molecule has 1 aliphatic heterocycles. The largest absolute Gasteiger partial charge is 0.414 e. The maximum atomic E-state index is 12.3. The second-order valence-corrected chi connectivity index (χ2v) is 20.1. The Balaban J connectivity index is 2.41. The molecule has 184 valence electrons. The first-order chi connectivity index (χ1) is 14.9. The van der Waals surface area contributed by atoms with Crippen LogP contribution in [0, 0.1) is 0 Å². The molecule has 32 heavy (non-hydrogen) atoms. The summed E-state index contributed by atoms with van der Waals surface area (Å²) in [7, 11) is -5.24. The Labute approximate surface area is 198 Å². The van der Waals surface area contributed by atoms with Crippen molar-refractivity contribution in [1.29, 1.82) is 0 Å². The van der Waals surface area contributed by atoms with E-state index < -0.39 is 28.2 Å². The van der Waals surface area contributed by atoms with E-state index in [4.69, 9.17) is 18.7 Å². The molecule has 0 spiro atoms. The lowest BCUT2D eigenvalue weighted by atomic mass is 10.5. The Hall–Kier alpha value is -0.696. The number of anilines is 1. The highest BCUT2D eigenvalue weighted by atomic mass is 32.2. The highest BCUT2D eigenvalue weighted by Gasteiger charge is 2.57. The van der Waals surface area contributed by atoms with Gasteiger partial charge in [0.15, 0.2) is 0 Å². The molecule has 1 aromatic rings. The predicted molar refractivity (Wildman–Crippen MR) is 135 cm³/mol. The van der Waals surface area contributed by atoms with Crippen molar-refractivity contribution in [3.8, 4) is 0 Å². The monoisotopic (exact) mass is 503 g/mol. The number of aliphatic hydroxyl groups excluding tert-OH is 1. The Morgan fingerprint density at radius 2 is 1.53 bits per heavy atom. The molecule has 0 radical (unpaired) electrons. The van der Waals surface area contributed by atoms with Crippen molar-refractivity contribution in [3.63, 3.8) is 0 Å². The van der Waals surface area contributed by atoms with Gasteiger partial charge in [0, 0.05) is 6.20 Å². The number of rotatable bonds is 8. The zero-order valence-corrected chi connectivity index (χ0v) is 23.5. The molecule has 2 heterocycles. The zero-order chi connectivity index (χ0) is 24.3. The molecule has 1 saturated heterocycles. The standard InChI is InChI=1S/C21H41N3O5SSi2/c1-14(2)31(15(3)4)27-12-18(13-28-32(29-31,16(5)6)17(7)8)30-20(11-25)24-10-9-19(22)23-21(24)26/h9-10,14-18,20,25H,11-13H2,1-8H3,(H2,22,23,26). The zero-order valence-electron chi connectivity index (χ0n) is 20.7. The lowest BCUT2D eigenvalue weighted by Gasteiger charge is -2.50. The molecule has 0 aliphatic carbocycles. The van der Waals surface area contributed by atoms with Crippen molar-refractivity contribution in [1.82, 2.24) is 9.55 Å². The SMILES string of the molecule is CC(C)[Si]1(C(C)C)OCC(SC(CO)n2ccc(N)nc2=O)CO[Si](C(C)C)(C(C)C)O1. The molecular formula is C21H41N3O5SSi2. The number of hydrogen-bond acceptors (Lipinski definition) is 8. The van der Waals surface area contributed by atoms with E-state index in [0.717, 1.165) is 0 Å². The minimum Gasteiger partial charge on any atom is -0.414 e. The summed E-state index contributed by atoms with van der Waals surface area (Å²) >= 11 is 1.48. The average Bonchev–Trinajstić information content (AvgIpc) is 2.68. The van der Waals surface area contributed by atoms with Crippen LogP contribution in [-0.2, 0) is 13.0 Å². The fraction of sp³-hybridized carbons (Fsp3) is 0.810. The molecule has 2 rings (SSSR count).